The predicted molar refractivity (Wildman–Crippen MR) is 356 cm³/mol. The van der Waals surface area contributed by atoms with E-state index in [1.54, 1.807) is 0 Å². The number of aryl methyl sites for hydroxylation is 1. The Balaban J connectivity index is 0.913. The lowest BCUT2D eigenvalue weighted by Gasteiger charge is -2.32. The van der Waals surface area contributed by atoms with Crippen molar-refractivity contribution in [2.45, 2.75) is 6.85 Å². The van der Waals surface area contributed by atoms with Crippen molar-refractivity contribution in [2.24, 2.45) is 0 Å². The number of fused-ring (bicyclic) bond motifs is 8. The smallest absolute Gasteiger partial charge is 0.185 e. The largest absolute Gasteiger partial charge is 0.457 e. The summed E-state index contributed by atoms with van der Waals surface area (Å²) < 4.78 is 79.9. The SMILES string of the molecule is [2H]c1c([2H])c([2H])c(-c2cnc(-n3c4ccccc4c4c5c(c(Oc6cccc(N7CN(c8c(-c9ccccc9)cccc8-c8ccccc8-c8ccccc8)c8ccccc87)c6)cc43)[Si](c3ccccc3)(c3ccccc3)c3ccccc3-5)cc2C([2H])([2H])[2H])c([2H])c1[2H]. The van der Waals surface area contributed by atoms with Gasteiger partial charge in [-0.2, -0.15) is 0 Å². The summed E-state index contributed by atoms with van der Waals surface area (Å²) in [6.07, 6.45) is 1.34. The summed E-state index contributed by atoms with van der Waals surface area (Å²) in [6, 6.07) is 92.6. The molecular formula is C79H56N4OSi. The second-order valence-corrected chi connectivity index (χ2v) is 25.2. The van der Waals surface area contributed by atoms with Gasteiger partial charge in [0.2, 0.25) is 0 Å². The molecule has 0 bridgehead atoms. The molecule has 0 amide bonds. The van der Waals surface area contributed by atoms with Gasteiger partial charge in [-0.25, -0.2) is 4.98 Å². The minimum absolute atomic E-state index is 0.0743. The highest BCUT2D eigenvalue weighted by atomic mass is 28.3. The Labute approximate surface area is 507 Å². The van der Waals surface area contributed by atoms with E-state index in [0.717, 1.165) is 88.7 Å². The number of nitrogens with zero attached hydrogens (tertiary/aromatic N) is 4. The van der Waals surface area contributed by atoms with E-state index in [9.17, 15) is 0 Å². The van der Waals surface area contributed by atoms with Crippen LogP contribution in [-0.2, 0) is 0 Å². The van der Waals surface area contributed by atoms with Gasteiger partial charge in [0.15, 0.2) is 8.07 Å². The third-order valence-electron chi connectivity index (χ3n) is 17.0. The lowest BCUT2D eigenvalue weighted by Crippen LogP contribution is -2.73. The van der Waals surface area contributed by atoms with E-state index >= 15 is 0 Å². The van der Waals surface area contributed by atoms with Crippen LogP contribution in [0.1, 0.15) is 16.5 Å². The molecule has 0 saturated carbocycles. The van der Waals surface area contributed by atoms with Crippen molar-refractivity contribution in [1.29, 1.82) is 0 Å². The first-order chi connectivity index (χ1) is 45.4. The normalized spacial score (nSPS) is 14.5. The molecule has 2 aliphatic rings. The quantitative estimate of drug-likeness (QED) is 0.121. The molecule has 0 unspecified atom stereocenters. The van der Waals surface area contributed by atoms with Crippen molar-refractivity contribution in [3.63, 3.8) is 0 Å². The number of hydrogen-bond donors (Lipinski definition) is 0. The van der Waals surface area contributed by atoms with E-state index in [2.05, 4.69) is 252 Å². The number of aromatic nitrogens is 2. The molecule has 85 heavy (non-hydrogen) atoms. The minimum Gasteiger partial charge on any atom is -0.457 e. The highest BCUT2D eigenvalue weighted by molar-refractivity contribution is 7.22. The summed E-state index contributed by atoms with van der Waals surface area (Å²) in [4.78, 5) is 9.81. The fraction of sp³-hybridized carbons (Fsp3) is 0.0253. The lowest BCUT2D eigenvalue weighted by molar-refractivity contribution is 0.487. The Morgan fingerprint density at radius 3 is 1.79 bits per heavy atom. The summed E-state index contributed by atoms with van der Waals surface area (Å²) >= 11 is 0. The molecule has 0 saturated heterocycles. The third kappa shape index (κ3) is 8.09. The molecule has 0 spiro atoms. The molecule has 2 aliphatic heterocycles. The topological polar surface area (TPSA) is 33.5 Å². The van der Waals surface area contributed by atoms with Crippen LogP contribution in [0.2, 0.25) is 0 Å². The van der Waals surface area contributed by atoms with Gasteiger partial charge in [0.05, 0.1) is 34.9 Å². The van der Waals surface area contributed by atoms with Crippen molar-refractivity contribution >= 4 is 73.4 Å². The Morgan fingerprint density at radius 1 is 0.471 bits per heavy atom. The molecule has 0 fully saturated rings. The summed E-state index contributed by atoms with van der Waals surface area (Å²) in [5.74, 6) is 1.47. The van der Waals surface area contributed by atoms with E-state index in [0.29, 0.717) is 23.7 Å². The lowest BCUT2D eigenvalue weighted by atomic mass is 9.90. The Hall–Kier alpha value is -10.8. The summed E-state index contributed by atoms with van der Waals surface area (Å²) in [5, 5.41) is 6.44. The molecular weight excluding hydrogens is 1050 g/mol. The number of ether oxygens (including phenoxy) is 1. The van der Waals surface area contributed by atoms with E-state index in [1.165, 1.54) is 27.8 Å². The maximum atomic E-state index is 8.97. The average Bonchev–Trinajstić information content (AvgIpc) is 1.52. The van der Waals surface area contributed by atoms with Crippen LogP contribution in [0.5, 0.6) is 11.5 Å². The molecule has 2 aromatic heterocycles. The molecule has 402 valence electrons. The van der Waals surface area contributed by atoms with E-state index in [4.69, 9.17) is 20.7 Å². The van der Waals surface area contributed by atoms with Crippen LogP contribution in [0, 0.1) is 6.85 Å². The number of para-hydroxylation sites is 4. The fourth-order valence-electron chi connectivity index (χ4n) is 13.5. The molecule has 0 N–H and O–H groups in total. The van der Waals surface area contributed by atoms with Crippen molar-refractivity contribution in [3.05, 3.63) is 315 Å². The zero-order valence-corrected chi connectivity index (χ0v) is 47.0. The number of benzene rings is 12. The predicted octanol–water partition coefficient (Wildman–Crippen LogP) is 17.6. The summed E-state index contributed by atoms with van der Waals surface area (Å²) in [6.45, 7) is -2.33. The fourth-order valence-corrected chi connectivity index (χ4v) is 18.8. The van der Waals surface area contributed by atoms with Crippen LogP contribution in [0.4, 0.5) is 22.7 Å². The molecule has 6 heteroatoms. The van der Waals surface area contributed by atoms with Gasteiger partial charge >= 0.3 is 0 Å². The van der Waals surface area contributed by atoms with Gasteiger partial charge in [-0.15, -0.1) is 0 Å². The highest BCUT2D eigenvalue weighted by Crippen LogP contribution is 2.52. The van der Waals surface area contributed by atoms with Crippen LogP contribution in [0.15, 0.2) is 309 Å². The first-order valence-corrected chi connectivity index (χ1v) is 30.5. The summed E-state index contributed by atoms with van der Waals surface area (Å²) in [7, 11) is -3.35. The van der Waals surface area contributed by atoms with Gasteiger partial charge in [0.1, 0.15) is 24.0 Å². The number of rotatable bonds is 11. The van der Waals surface area contributed by atoms with Crippen molar-refractivity contribution in [1.82, 2.24) is 9.55 Å². The van der Waals surface area contributed by atoms with E-state index in [-0.39, 0.29) is 22.5 Å². The maximum absolute atomic E-state index is 8.97. The van der Waals surface area contributed by atoms with Crippen molar-refractivity contribution in [2.75, 3.05) is 16.5 Å². The first-order valence-electron chi connectivity index (χ1n) is 32.5. The zero-order chi connectivity index (χ0) is 63.3. The van der Waals surface area contributed by atoms with Crippen LogP contribution >= 0.6 is 0 Å². The molecule has 0 aliphatic carbocycles. The van der Waals surface area contributed by atoms with Gasteiger partial charge in [0, 0.05) is 60.8 Å². The number of pyridine rings is 1. The first kappa shape index (κ1) is 42.1. The Morgan fingerprint density at radius 2 is 1.06 bits per heavy atom. The van der Waals surface area contributed by atoms with Gasteiger partial charge < -0.3 is 14.5 Å². The Bertz CT molecular complexity index is 5230. The standard InChI is InChI=1S/C79H56N4OSi/c1-54-49-75(80-52-68(54)57-31-11-4-12-32-57)83-69-45-21-19-41-66(69)76-72(83)51-73(79-77(76)67-42-20-24-48-74(67)85(79,60-35-13-5-14-36-60)61-37-15-6-16-38-61)84-59-34-25-33-58(50-59)81-53-82(71-47-23-22-46-70(71)81)78-63(56-29-9-3-10-30-56)43-26-44-65(78)64-40-18-17-39-62(64)55-27-7-2-8-28-55/h2-52H,53H2,1H3/i1D3,4D,11D,12D,31D,32D. The van der Waals surface area contributed by atoms with E-state index < -0.39 is 45.1 Å². The third-order valence-corrected chi connectivity index (χ3v) is 21.9. The molecule has 12 aromatic carbocycles. The van der Waals surface area contributed by atoms with Gasteiger partial charge in [-0.1, -0.05) is 255 Å². The van der Waals surface area contributed by atoms with Crippen LogP contribution in [0.25, 0.3) is 83.3 Å². The molecule has 0 atom stereocenters. The molecule has 0 radical (unpaired) electrons. The zero-order valence-electron chi connectivity index (χ0n) is 54.0. The molecule has 16 rings (SSSR count). The van der Waals surface area contributed by atoms with Crippen molar-refractivity contribution in [3.8, 4) is 73.0 Å². The molecule has 14 aromatic rings. The number of anilines is 4. The van der Waals surface area contributed by atoms with Crippen molar-refractivity contribution < 1.29 is 15.7 Å². The number of hydrogen-bond acceptors (Lipinski definition) is 4. The molecule has 4 heterocycles. The van der Waals surface area contributed by atoms with Gasteiger partial charge in [0.25, 0.3) is 0 Å². The minimum atomic E-state index is -3.35. The van der Waals surface area contributed by atoms with Crippen LogP contribution in [0.3, 0.4) is 0 Å². The summed E-state index contributed by atoms with van der Waals surface area (Å²) in [5.41, 5.74) is 13.8. The second kappa shape index (κ2) is 20.6. The highest BCUT2D eigenvalue weighted by Gasteiger charge is 2.52. The monoisotopic (exact) mass is 1110 g/mol. The maximum Gasteiger partial charge on any atom is 0.185 e. The average molecular weight is 1110 g/mol. The van der Waals surface area contributed by atoms with Gasteiger partial charge in [-0.05, 0) is 103 Å². The molecule has 5 nitrogen and oxygen atoms in total. The van der Waals surface area contributed by atoms with E-state index in [1.807, 2.05) is 28.8 Å². The Kier molecular flexibility index (Phi) is 10.2. The van der Waals surface area contributed by atoms with Crippen LogP contribution < -0.4 is 35.3 Å². The van der Waals surface area contributed by atoms with Crippen LogP contribution in [-0.4, -0.2) is 24.3 Å². The van der Waals surface area contributed by atoms with Gasteiger partial charge in [-0.3, -0.25) is 4.57 Å². The second-order valence-electron chi connectivity index (χ2n) is 21.6.